The fourth-order valence-corrected chi connectivity index (χ4v) is 2.74. The molecule has 1 saturated heterocycles. The third-order valence-electron chi connectivity index (χ3n) is 4.23. The van der Waals surface area contributed by atoms with Crippen molar-refractivity contribution >= 4 is 11.7 Å². The summed E-state index contributed by atoms with van der Waals surface area (Å²) in [6, 6.07) is 6.37. The number of carbonyl (C=O) groups excluding carboxylic acids is 1. The maximum atomic E-state index is 12.9. The van der Waals surface area contributed by atoms with E-state index < -0.39 is 0 Å². The number of ether oxygens (including phenoxy) is 1. The van der Waals surface area contributed by atoms with Crippen LogP contribution in [0.1, 0.15) is 12.8 Å². The Kier molecular flexibility index (Phi) is 4.59. The van der Waals surface area contributed by atoms with Crippen molar-refractivity contribution in [2.75, 3.05) is 38.2 Å². The molecule has 5 nitrogen and oxygen atoms in total. The SMILES string of the molecule is CN(C(=O)NC[C@H]1CN(C2CC2)CCO1)c1ccc(F)cc1. The second-order valence-electron chi connectivity index (χ2n) is 5.94. The maximum Gasteiger partial charge on any atom is 0.321 e. The van der Waals surface area contributed by atoms with E-state index in [0.29, 0.717) is 12.2 Å². The number of hydrogen-bond acceptors (Lipinski definition) is 3. The number of benzene rings is 1. The Balaban J connectivity index is 1.47. The lowest BCUT2D eigenvalue weighted by atomic mass is 10.2. The van der Waals surface area contributed by atoms with Gasteiger partial charge in [0, 0.05) is 38.4 Å². The quantitative estimate of drug-likeness (QED) is 0.923. The predicted octanol–water partition coefficient (Wildman–Crippen LogP) is 1.83. The molecule has 1 saturated carbocycles. The van der Waals surface area contributed by atoms with E-state index in [9.17, 15) is 9.18 Å². The fraction of sp³-hybridized carbons (Fsp3) is 0.562. The van der Waals surface area contributed by atoms with Crippen molar-refractivity contribution in [1.29, 1.82) is 0 Å². The van der Waals surface area contributed by atoms with Gasteiger partial charge >= 0.3 is 6.03 Å². The lowest BCUT2D eigenvalue weighted by molar-refractivity contribution is -0.0287. The van der Waals surface area contributed by atoms with Crippen molar-refractivity contribution in [3.8, 4) is 0 Å². The van der Waals surface area contributed by atoms with Crippen LogP contribution in [0.4, 0.5) is 14.9 Å². The third-order valence-corrected chi connectivity index (χ3v) is 4.23. The zero-order chi connectivity index (χ0) is 15.5. The van der Waals surface area contributed by atoms with E-state index in [1.165, 1.54) is 29.9 Å². The Morgan fingerprint density at radius 2 is 2.14 bits per heavy atom. The number of amides is 2. The van der Waals surface area contributed by atoms with Gasteiger partial charge in [-0.05, 0) is 37.1 Å². The standard InChI is InChI=1S/C16H22FN3O2/c1-19(13-4-2-12(17)3-5-13)16(21)18-10-15-11-20(8-9-22-15)14-6-7-14/h2-5,14-15H,6-11H2,1H3,(H,18,21)/t15-/m0/s1. The molecular weight excluding hydrogens is 285 g/mol. The molecule has 1 atom stereocenters. The predicted molar refractivity (Wildman–Crippen MR) is 82.5 cm³/mol. The van der Waals surface area contributed by atoms with E-state index in [0.717, 1.165) is 25.7 Å². The molecule has 2 amide bonds. The second-order valence-corrected chi connectivity index (χ2v) is 5.94. The number of halogens is 1. The highest BCUT2D eigenvalue weighted by molar-refractivity contribution is 5.91. The third kappa shape index (κ3) is 3.75. The number of nitrogens with zero attached hydrogens (tertiary/aromatic N) is 2. The first-order valence-electron chi connectivity index (χ1n) is 7.76. The van der Waals surface area contributed by atoms with E-state index in [2.05, 4.69) is 10.2 Å². The van der Waals surface area contributed by atoms with Gasteiger partial charge in [0.15, 0.2) is 0 Å². The van der Waals surface area contributed by atoms with Crippen LogP contribution in [-0.2, 0) is 4.74 Å². The summed E-state index contributed by atoms with van der Waals surface area (Å²) in [7, 11) is 1.67. The number of carbonyl (C=O) groups is 1. The summed E-state index contributed by atoms with van der Waals surface area (Å²) in [5.41, 5.74) is 0.656. The van der Waals surface area contributed by atoms with Crippen molar-refractivity contribution in [3.63, 3.8) is 0 Å². The molecule has 1 aromatic carbocycles. The van der Waals surface area contributed by atoms with Gasteiger partial charge < -0.3 is 10.1 Å². The van der Waals surface area contributed by atoms with Crippen LogP contribution in [0.2, 0.25) is 0 Å². The van der Waals surface area contributed by atoms with Crippen LogP contribution in [0.5, 0.6) is 0 Å². The van der Waals surface area contributed by atoms with Gasteiger partial charge in [0.1, 0.15) is 5.82 Å². The van der Waals surface area contributed by atoms with Gasteiger partial charge in [-0.25, -0.2) is 9.18 Å². The Morgan fingerprint density at radius 1 is 1.41 bits per heavy atom. The number of anilines is 1. The number of rotatable bonds is 4. The molecule has 1 aliphatic heterocycles. The molecule has 120 valence electrons. The minimum atomic E-state index is -0.312. The number of urea groups is 1. The van der Waals surface area contributed by atoms with Gasteiger partial charge in [-0.3, -0.25) is 9.80 Å². The van der Waals surface area contributed by atoms with Crippen LogP contribution in [0.15, 0.2) is 24.3 Å². The monoisotopic (exact) mass is 307 g/mol. The van der Waals surface area contributed by atoms with Crippen LogP contribution < -0.4 is 10.2 Å². The second kappa shape index (κ2) is 6.62. The Morgan fingerprint density at radius 3 is 2.82 bits per heavy atom. The zero-order valence-electron chi connectivity index (χ0n) is 12.8. The fourth-order valence-electron chi connectivity index (χ4n) is 2.74. The van der Waals surface area contributed by atoms with Crippen molar-refractivity contribution in [1.82, 2.24) is 10.2 Å². The number of nitrogens with one attached hydrogen (secondary N) is 1. The molecule has 2 aliphatic rings. The van der Waals surface area contributed by atoms with Gasteiger partial charge in [-0.15, -0.1) is 0 Å². The minimum Gasteiger partial charge on any atom is -0.374 e. The molecule has 1 heterocycles. The van der Waals surface area contributed by atoms with Crippen molar-refractivity contribution in [2.45, 2.75) is 25.0 Å². The van der Waals surface area contributed by atoms with Crippen LogP contribution in [-0.4, -0.2) is 56.4 Å². The Labute approximate surface area is 130 Å². The van der Waals surface area contributed by atoms with Gasteiger partial charge in [0.05, 0.1) is 12.7 Å². The van der Waals surface area contributed by atoms with E-state index >= 15 is 0 Å². The minimum absolute atomic E-state index is 0.0416. The lowest BCUT2D eigenvalue weighted by Crippen LogP contribution is -2.49. The highest BCUT2D eigenvalue weighted by atomic mass is 19.1. The summed E-state index contributed by atoms with van der Waals surface area (Å²) in [4.78, 5) is 16.1. The van der Waals surface area contributed by atoms with Crippen LogP contribution in [0.25, 0.3) is 0 Å². The summed E-state index contributed by atoms with van der Waals surface area (Å²) in [5, 5.41) is 2.89. The van der Waals surface area contributed by atoms with E-state index in [1.54, 1.807) is 19.2 Å². The van der Waals surface area contributed by atoms with Crippen LogP contribution in [0, 0.1) is 5.82 Å². The molecule has 0 aromatic heterocycles. The highest BCUT2D eigenvalue weighted by Gasteiger charge is 2.33. The first-order chi connectivity index (χ1) is 10.6. The molecule has 1 aromatic rings. The molecule has 0 bridgehead atoms. The average molecular weight is 307 g/mol. The number of morpholine rings is 1. The molecule has 2 fully saturated rings. The van der Waals surface area contributed by atoms with Crippen LogP contribution in [0.3, 0.4) is 0 Å². The lowest BCUT2D eigenvalue weighted by Gasteiger charge is -2.33. The molecular formula is C16H22FN3O2. The highest BCUT2D eigenvalue weighted by Crippen LogP contribution is 2.28. The maximum absolute atomic E-state index is 12.9. The van der Waals surface area contributed by atoms with E-state index in [4.69, 9.17) is 4.74 Å². The molecule has 1 aliphatic carbocycles. The summed E-state index contributed by atoms with van der Waals surface area (Å²) in [6.45, 7) is 3.09. The molecule has 3 rings (SSSR count). The number of hydrogen-bond donors (Lipinski definition) is 1. The first kappa shape index (κ1) is 15.2. The van der Waals surface area contributed by atoms with Gasteiger partial charge in [-0.2, -0.15) is 0 Å². The largest absolute Gasteiger partial charge is 0.374 e. The van der Waals surface area contributed by atoms with Crippen molar-refractivity contribution in [3.05, 3.63) is 30.1 Å². The zero-order valence-corrected chi connectivity index (χ0v) is 12.8. The van der Waals surface area contributed by atoms with Crippen LogP contribution >= 0.6 is 0 Å². The van der Waals surface area contributed by atoms with E-state index in [-0.39, 0.29) is 18.0 Å². The van der Waals surface area contributed by atoms with Gasteiger partial charge in [-0.1, -0.05) is 0 Å². The molecule has 6 heteroatoms. The Bertz CT molecular complexity index is 519. The smallest absolute Gasteiger partial charge is 0.321 e. The van der Waals surface area contributed by atoms with E-state index in [1.807, 2.05) is 0 Å². The summed E-state index contributed by atoms with van der Waals surface area (Å²) >= 11 is 0. The topological polar surface area (TPSA) is 44.8 Å². The average Bonchev–Trinajstić information content (AvgIpc) is 3.38. The molecule has 22 heavy (non-hydrogen) atoms. The summed E-state index contributed by atoms with van der Waals surface area (Å²) < 4.78 is 18.6. The van der Waals surface area contributed by atoms with Gasteiger partial charge in [0.25, 0.3) is 0 Å². The summed E-state index contributed by atoms with van der Waals surface area (Å²) in [5.74, 6) is -0.312. The molecule has 1 N–H and O–H groups in total. The first-order valence-corrected chi connectivity index (χ1v) is 7.76. The summed E-state index contributed by atoms with van der Waals surface area (Å²) in [6.07, 6.45) is 2.61. The normalized spacial score (nSPS) is 22.4. The Hall–Kier alpha value is -1.66. The van der Waals surface area contributed by atoms with Gasteiger partial charge in [0.2, 0.25) is 0 Å². The molecule has 0 unspecified atom stereocenters. The molecule has 0 radical (unpaired) electrons. The van der Waals surface area contributed by atoms with Crippen molar-refractivity contribution in [2.24, 2.45) is 0 Å². The molecule has 0 spiro atoms. The van der Waals surface area contributed by atoms with Crippen molar-refractivity contribution < 1.29 is 13.9 Å².